The number of carbonyl (C=O) groups excluding carboxylic acids is 2. The molecule has 6 heteroatoms. The molecule has 0 saturated heterocycles. The lowest BCUT2D eigenvalue weighted by Gasteiger charge is -2.32. The van der Waals surface area contributed by atoms with Crippen molar-refractivity contribution in [2.45, 2.75) is 46.6 Å². The van der Waals surface area contributed by atoms with Gasteiger partial charge in [0.1, 0.15) is 0 Å². The molecule has 0 saturated carbocycles. The van der Waals surface area contributed by atoms with Crippen molar-refractivity contribution in [2.75, 3.05) is 19.6 Å². The van der Waals surface area contributed by atoms with Gasteiger partial charge in [-0.1, -0.05) is 27.7 Å². The van der Waals surface area contributed by atoms with E-state index in [2.05, 4.69) is 33.0 Å². The molecule has 0 radical (unpaired) electrons. The van der Waals surface area contributed by atoms with Crippen molar-refractivity contribution in [2.24, 2.45) is 11.7 Å². The second-order valence-electron chi connectivity index (χ2n) is 4.89. The van der Waals surface area contributed by atoms with Crippen molar-refractivity contribution >= 4 is 24.2 Å². The number of amides is 2. The molecule has 114 valence electrons. The Labute approximate surface area is 122 Å². The molecule has 0 aromatic rings. The normalized spacial score (nSPS) is 10.3. The highest BCUT2D eigenvalue weighted by Crippen LogP contribution is 2.11. The van der Waals surface area contributed by atoms with E-state index in [0.717, 1.165) is 19.4 Å². The Morgan fingerprint density at radius 2 is 1.74 bits per heavy atom. The lowest BCUT2D eigenvalue weighted by molar-refractivity contribution is -0.135. The summed E-state index contributed by atoms with van der Waals surface area (Å²) < 4.78 is 0. The van der Waals surface area contributed by atoms with Gasteiger partial charge in [-0.25, -0.2) is 0 Å². The minimum atomic E-state index is -0.294. The van der Waals surface area contributed by atoms with Crippen LogP contribution in [0.5, 0.6) is 0 Å². The Balaban J connectivity index is 0. The van der Waals surface area contributed by atoms with Crippen molar-refractivity contribution in [3.63, 3.8) is 0 Å². The molecule has 2 amide bonds. The zero-order valence-electron chi connectivity index (χ0n) is 12.4. The highest BCUT2D eigenvalue weighted by Gasteiger charge is 2.21. The summed E-state index contributed by atoms with van der Waals surface area (Å²) in [5, 5.41) is 2.53. The molecular weight excluding hydrogens is 266 g/mol. The summed E-state index contributed by atoms with van der Waals surface area (Å²) in [6.07, 6.45) is 1.86. The molecular formula is C13H28ClN3O2. The van der Waals surface area contributed by atoms with E-state index in [9.17, 15) is 9.59 Å². The predicted octanol–water partition coefficient (Wildman–Crippen LogP) is 1.16. The van der Waals surface area contributed by atoms with Crippen molar-refractivity contribution in [1.82, 2.24) is 10.2 Å². The molecule has 0 atom stereocenters. The minimum Gasteiger partial charge on any atom is -0.346 e. The maximum absolute atomic E-state index is 12.1. The van der Waals surface area contributed by atoms with Gasteiger partial charge in [-0.3, -0.25) is 9.59 Å². The fraction of sp³-hybridized carbons (Fsp3) is 0.846. The summed E-state index contributed by atoms with van der Waals surface area (Å²) in [7, 11) is 0. The number of hydrogen-bond donors (Lipinski definition) is 2. The number of nitrogens with one attached hydrogen (secondary N) is 1. The summed E-state index contributed by atoms with van der Waals surface area (Å²) in [4.78, 5) is 25.1. The number of carbonyl (C=O) groups is 2. The lowest BCUT2D eigenvalue weighted by Crippen LogP contribution is -2.47. The number of halogens is 1. The zero-order valence-corrected chi connectivity index (χ0v) is 13.3. The molecule has 19 heavy (non-hydrogen) atoms. The molecule has 0 fully saturated rings. The second kappa shape index (κ2) is 11.1. The van der Waals surface area contributed by atoms with Crippen LogP contribution in [0, 0.1) is 5.92 Å². The Bertz CT molecular complexity index is 269. The van der Waals surface area contributed by atoms with E-state index in [1.54, 1.807) is 0 Å². The average molecular weight is 294 g/mol. The number of nitrogens with two attached hydrogens (primary N) is 1. The molecule has 0 aromatic heterocycles. The SMILES string of the molecule is CCC(CC)N(CC(C)C)C(=O)CNC(=O)CN.Cl. The van der Waals surface area contributed by atoms with Crippen LogP contribution < -0.4 is 11.1 Å². The lowest BCUT2D eigenvalue weighted by atomic mass is 10.1. The average Bonchev–Trinajstić information content (AvgIpc) is 2.35. The van der Waals surface area contributed by atoms with Crippen LogP contribution in [0.2, 0.25) is 0 Å². The van der Waals surface area contributed by atoms with Gasteiger partial charge >= 0.3 is 0 Å². The predicted molar refractivity (Wildman–Crippen MR) is 80.2 cm³/mol. The fourth-order valence-electron chi connectivity index (χ4n) is 1.93. The smallest absolute Gasteiger partial charge is 0.242 e. The first-order valence-corrected chi connectivity index (χ1v) is 6.72. The molecule has 5 nitrogen and oxygen atoms in total. The Hall–Kier alpha value is -0.810. The van der Waals surface area contributed by atoms with E-state index in [1.165, 1.54) is 0 Å². The molecule has 0 aliphatic rings. The van der Waals surface area contributed by atoms with Crippen molar-refractivity contribution < 1.29 is 9.59 Å². The number of rotatable bonds is 8. The third kappa shape index (κ3) is 8.06. The summed E-state index contributed by atoms with van der Waals surface area (Å²) in [6.45, 7) is 9.01. The molecule has 0 bridgehead atoms. The van der Waals surface area contributed by atoms with Crippen LogP contribution in [0.3, 0.4) is 0 Å². The maximum Gasteiger partial charge on any atom is 0.242 e. The van der Waals surface area contributed by atoms with Crippen LogP contribution in [0.1, 0.15) is 40.5 Å². The largest absolute Gasteiger partial charge is 0.346 e. The summed E-state index contributed by atoms with van der Waals surface area (Å²) in [5.41, 5.74) is 5.19. The van der Waals surface area contributed by atoms with Crippen molar-refractivity contribution in [3.05, 3.63) is 0 Å². The van der Waals surface area contributed by atoms with E-state index in [1.807, 2.05) is 4.90 Å². The van der Waals surface area contributed by atoms with Crippen molar-refractivity contribution in [3.8, 4) is 0 Å². The van der Waals surface area contributed by atoms with Gasteiger partial charge in [0.25, 0.3) is 0 Å². The second-order valence-corrected chi connectivity index (χ2v) is 4.89. The van der Waals surface area contributed by atoms with E-state index < -0.39 is 0 Å². The van der Waals surface area contributed by atoms with Gasteiger partial charge < -0.3 is 16.0 Å². The molecule has 0 aliphatic heterocycles. The van der Waals surface area contributed by atoms with E-state index in [4.69, 9.17) is 5.73 Å². The monoisotopic (exact) mass is 293 g/mol. The topological polar surface area (TPSA) is 75.4 Å². The first-order valence-electron chi connectivity index (χ1n) is 6.72. The number of hydrogen-bond acceptors (Lipinski definition) is 3. The van der Waals surface area contributed by atoms with Crippen LogP contribution in [0.25, 0.3) is 0 Å². The van der Waals surface area contributed by atoms with E-state index in [-0.39, 0.29) is 43.4 Å². The number of nitrogens with zero attached hydrogens (tertiary/aromatic N) is 1. The van der Waals surface area contributed by atoms with Crippen LogP contribution in [-0.2, 0) is 9.59 Å². The van der Waals surface area contributed by atoms with E-state index >= 15 is 0 Å². The van der Waals surface area contributed by atoms with Gasteiger partial charge in [0.2, 0.25) is 11.8 Å². The van der Waals surface area contributed by atoms with Gasteiger partial charge in [0.15, 0.2) is 0 Å². The Morgan fingerprint density at radius 1 is 1.21 bits per heavy atom. The van der Waals surface area contributed by atoms with Gasteiger partial charge in [-0.2, -0.15) is 0 Å². The molecule has 0 aliphatic carbocycles. The quantitative estimate of drug-likeness (QED) is 0.705. The standard InChI is InChI=1S/C13H27N3O2.ClH/c1-5-11(6-2)16(9-10(3)4)13(18)8-15-12(17)7-14;/h10-11H,5-9,14H2,1-4H3,(H,15,17);1H. The Morgan fingerprint density at radius 3 is 2.11 bits per heavy atom. The Kier molecular flexibility index (Phi) is 11.9. The van der Waals surface area contributed by atoms with E-state index in [0.29, 0.717) is 5.92 Å². The van der Waals surface area contributed by atoms with Crippen LogP contribution >= 0.6 is 12.4 Å². The highest BCUT2D eigenvalue weighted by atomic mass is 35.5. The first kappa shape index (κ1) is 20.5. The summed E-state index contributed by atoms with van der Waals surface area (Å²) in [6, 6.07) is 0.245. The van der Waals surface area contributed by atoms with Crippen LogP contribution in [0.15, 0.2) is 0 Å². The van der Waals surface area contributed by atoms with Gasteiger partial charge in [-0.05, 0) is 18.8 Å². The molecule has 0 aromatic carbocycles. The fourth-order valence-corrected chi connectivity index (χ4v) is 1.93. The van der Waals surface area contributed by atoms with Crippen LogP contribution in [-0.4, -0.2) is 42.4 Å². The summed E-state index contributed by atoms with van der Waals surface area (Å²) >= 11 is 0. The van der Waals surface area contributed by atoms with Crippen molar-refractivity contribution in [1.29, 1.82) is 0 Å². The maximum atomic E-state index is 12.1. The molecule has 0 spiro atoms. The minimum absolute atomic E-state index is 0. The van der Waals surface area contributed by atoms with Gasteiger partial charge in [0, 0.05) is 12.6 Å². The molecule has 0 unspecified atom stereocenters. The zero-order chi connectivity index (χ0) is 14.1. The third-order valence-corrected chi connectivity index (χ3v) is 2.89. The third-order valence-electron chi connectivity index (χ3n) is 2.89. The molecule has 3 N–H and O–H groups in total. The van der Waals surface area contributed by atoms with Crippen LogP contribution in [0.4, 0.5) is 0 Å². The molecule has 0 rings (SSSR count). The highest BCUT2D eigenvalue weighted by molar-refractivity contribution is 5.86. The van der Waals surface area contributed by atoms with Gasteiger partial charge in [-0.15, -0.1) is 12.4 Å². The first-order chi connectivity index (χ1) is 8.46. The molecule has 0 heterocycles. The van der Waals surface area contributed by atoms with Gasteiger partial charge in [0.05, 0.1) is 13.1 Å². The summed E-state index contributed by atoms with van der Waals surface area (Å²) in [5.74, 6) is 0.0938.